The fourth-order valence-corrected chi connectivity index (χ4v) is 2.61. The fourth-order valence-electron chi connectivity index (χ4n) is 2.11. The lowest BCUT2D eigenvalue weighted by atomic mass is 10.2. The van der Waals surface area contributed by atoms with E-state index < -0.39 is 0 Å². The summed E-state index contributed by atoms with van der Waals surface area (Å²) in [5.41, 5.74) is 1.54. The monoisotopic (exact) mass is 396 g/mol. The number of nitrogens with one attached hydrogen (secondary N) is 1. The number of benzene rings is 2. The van der Waals surface area contributed by atoms with Crippen molar-refractivity contribution in [2.45, 2.75) is 6.54 Å². The second-order valence-electron chi connectivity index (χ2n) is 5.15. The number of nitrogens with zero attached hydrogens (tertiary/aromatic N) is 1. The molecule has 0 aliphatic rings. The number of carbonyl (C=O) groups is 1. The van der Waals surface area contributed by atoms with Gasteiger partial charge in [-0.2, -0.15) is 0 Å². The van der Waals surface area contributed by atoms with Crippen molar-refractivity contribution in [3.05, 3.63) is 57.6 Å². The normalized spacial score (nSPS) is 10.6. The number of ether oxygens (including phenoxy) is 2. The van der Waals surface area contributed by atoms with Gasteiger partial charge >= 0.3 is 0 Å². The molecule has 0 atom stereocenters. The lowest BCUT2D eigenvalue weighted by molar-refractivity contribution is -0.125. The van der Waals surface area contributed by atoms with Gasteiger partial charge in [0.25, 0.3) is 5.91 Å². The van der Waals surface area contributed by atoms with Crippen molar-refractivity contribution in [3.63, 3.8) is 0 Å². The molecule has 0 heterocycles. The van der Waals surface area contributed by atoms with E-state index in [2.05, 4.69) is 10.5 Å². The summed E-state index contributed by atoms with van der Waals surface area (Å²) in [6, 6.07) is 10.6. The van der Waals surface area contributed by atoms with Gasteiger partial charge in [0.2, 0.25) is 0 Å². The van der Waals surface area contributed by atoms with Crippen LogP contribution in [0, 0.1) is 0 Å². The average Bonchev–Trinajstić information content (AvgIpc) is 2.63. The van der Waals surface area contributed by atoms with Gasteiger partial charge in [-0.25, -0.2) is 0 Å². The third-order valence-electron chi connectivity index (χ3n) is 3.31. The van der Waals surface area contributed by atoms with E-state index in [1.165, 1.54) is 20.4 Å². The molecule has 0 bridgehead atoms. The third-order valence-corrected chi connectivity index (χ3v) is 3.82. The maximum atomic E-state index is 11.8. The summed E-state index contributed by atoms with van der Waals surface area (Å²) in [6.07, 6.45) is 1.43. The number of halogens is 2. The van der Waals surface area contributed by atoms with Crippen molar-refractivity contribution < 1.29 is 19.1 Å². The average molecular weight is 397 g/mol. The number of methoxy groups -OCH3 is 2. The first-order valence-electron chi connectivity index (χ1n) is 7.61. The quantitative estimate of drug-likeness (QED) is 0.545. The number of carbonyl (C=O) groups excluding carboxylic acids is 1. The molecule has 0 saturated carbocycles. The van der Waals surface area contributed by atoms with Crippen LogP contribution in [0.4, 0.5) is 0 Å². The Balaban J connectivity index is 1.83. The van der Waals surface area contributed by atoms with Crippen LogP contribution < -0.4 is 14.8 Å². The first-order valence-corrected chi connectivity index (χ1v) is 8.37. The first kappa shape index (κ1) is 19.9. The predicted molar refractivity (Wildman–Crippen MR) is 101 cm³/mol. The molecule has 6 nitrogen and oxygen atoms in total. The van der Waals surface area contributed by atoms with Crippen molar-refractivity contribution in [3.8, 4) is 11.5 Å². The highest BCUT2D eigenvalue weighted by Crippen LogP contribution is 2.35. The molecule has 0 aromatic heterocycles. The summed E-state index contributed by atoms with van der Waals surface area (Å²) in [5, 5.41) is 7.47. The summed E-state index contributed by atoms with van der Waals surface area (Å²) >= 11 is 12.0. The van der Waals surface area contributed by atoms with E-state index in [9.17, 15) is 4.79 Å². The number of hydrogen-bond donors (Lipinski definition) is 1. The Kier molecular flexibility index (Phi) is 7.56. The highest BCUT2D eigenvalue weighted by atomic mass is 35.5. The van der Waals surface area contributed by atoms with E-state index in [1.807, 2.05) is 12.1 Å². The van der Waals surface area contributed by atoms with Gasteiger partial charge in [-0.15, -0.1) is 0 Å². The molecule has 2 aromatic carbocycles. The molecule has 26 heavy (non-hydrogen) atoms. The molecule has 0 aliphatic heterocycles. The first-order chi connectivity index (χ1) is 12.5. The van der Waals surface area contributed by atoms with Crippen LogP contribution in [0.1, 0.15) is 11.1 Å². The van der Waals surface area contributed by atoms with Crippen LogP contribution in [0.5, 0.6) is 11.5 Å². The van der Waals surface area contributed by atoms with E-state index in [1.54, 1.807) is 24.3 Å². The number of rotatable bonds is 8. The molecule has 0 spiro atoms. The topological polar surface area (TPSA) is 69.2 Å². The van der Waals surface area contributed by atoms with Crippen molar-refractivity contribution in [2.75, 3.05) is 20.8 Å². The molecule has 0 unspecified atom stereocenters. The third kappa shape index (κ3) is 5.82. The Bertz CT molecular complexity index is 797. The number of oxime groups is 1. The summed E-state index contributed by atoms with van der Waals surface area (Å²) < 4.78 is 10.4. The molecular formula is C18H18Cl2N2O4. The summed E-state index contributed by atoms with van der Waals surface area (Å²) in [5.74, 6) is 0.612. The smallest absolute Gasteiger partial charge is 0.261 e. The van der Waals surface area contributed by atoms with Crippen molar-refractivity contribution in [1.29, 1.82) is 0 Å². The van der Waals surface area contributed by atoms with Crippen LogP contribution >= 0.6 is 23.2 Å². The lowest BCUT2D eigenvalue weighted by Gasteiger charge is -2.09. The Labute approximate surface area is 161 Å². The molecule has 0 saturated heterocycles. The Morgan fingerprint density at radius 2 is 2.00 bits per heavy atom. The SMILES string of the molecule is COc1cc(/C=N\OCC(=O)NCc2cccc(Cl)c2)cc(Cl)c1OC. The predicted octanol–water partition coefficient (Wildman–Crippen LogP) is 3.68. The van der Waals surface area contributed by atoms with Gasteiger partial charge < -0.3 is 19.6 Å². The van der Waals surface area contributed by atoms with Crippen molar-refractivity contribution in [2.24, 2.45) is 5.16 Å². The van der Waals surface area contributed by atoms with Gasteiger partial charge in [0.05, 0.1) is 25.5 Å². The zero-order valence-electron chi connectivity index (χ0n) is 14.3. The zero-order valence-corrected chi connectivity index (χ0v) is 15.8. The minimum atomic E-state index is -0.299. The van der Waals surface area contributed by atoms with E-state index in [0.29, 0.717) is 33.7 Å². The fraction of sp³-hybridized carbons (Fsp3) is 0.222. The van der Waals surface area contributed by atoms with Gasteiger partial charge in [0.1, 0.15) is 0 Å². The highest BCUT2D eigenvalue weighted by molar-refractivity contribution is 6.32. The summed E-state index contributed by atoms with van der Waals surface area (Å²) in [4.78, 5) is 16.7. The van der Waals surface area contributed by atoms with Crippen LogP contribution in [0.25, 0.3) is 0 Å². The molecule has 1 amide bonds. The van der Waals surface area contributed by atoms with Crippen LogP contribution in [0.2, 0.25) is 10.0 Å². The molecule has 138 valence electrons. The van der Waals surface area contributed by atoms with E-state index in [-0.39, 0.29) is 12.5 Å². The van der Waals surface area contributed by atoms with Gasteiger partial charge in [-0.05, 0) is 29.8 Å². The summed E-state index contributed by atoms with van der Waals surface area (Å²) in [7, 11) is 3.01. The Morgan fingerprint density at radius 3 is 2.69 bits per heavy atom. The lowest BCUT2D eigenvalue weighted by Crippen LogP contribution is -2.26. The molecule has 0 aliphatic carbocycles. The molecule has 2 aromatic rings. The maximum Gasteiger partial charge on any atom is 0.261 e. The largest absolute Gasteiger partial charge is 0.493 e. The van der Waals surface area contributed by atoms with E-state index in [0.717, 1.165) is 5.56 Å². The van der Waals surface area contributed by atoms with Gasteiger partial charge in [0, 0.05) is 17.1 Å². The van der Waals surface area contributed by atoms with Gasteiger partial charge in [0.15, 0.2) is 18.1 Å². The van der Waals surface area contributed by atoms with Crippen molar-refractivity contribution in [1.82, 2.24) is 5.32 Å². The zero-order chi connectivity index (χ0) is 18.9. The number of amides is 1. The standard InChI is InChI=1S/C18H18Cl2N2O4/c1-24-16-8-13(7-15(20)18(16)25-2)10-22-26-11-17(23)21-9-12-4-3-5-14(19)6-12/h3-8,10H,9,11H2,1-2H3,(H,21,23)/b22-10-. The maximum absolute atomic E-state index is 11.8. The molecule has 0 fully saturated rings. The van der Waals surface area contributed by atoms with Crippen LogP contribution in [-0.2, 0) is 16.2 Å². The van der Waals surface area contributed by atoms with Crippen molar-refractivity contribution >= 4 is 35.3 Å². The molecular weight excluding hydrogens is 379 g/mol. The molecule has 8 heteroatoms. The minimum Gasteiger partial charge on any atom is -0.493 e. The highest BCUT2D eigenvalue weighted by Gasteiger charge is 2.10. The van der Waals surface area contributed by atoms with Gasteiger partial charge in [-0.3, -0.25) is 4.79 Å². The second-order valence-corrected chi connectivity index (χ2v) is 6.00. The van der Waals surface area contributed by atoms with Gasteiger partial charge in [-0.1, -0.05) is 40.5 Å². The van der Waals surface area contributed by atoms with Crippen LogP contribution in [0.15, 0.2) is 41.6 Å². The minimum absolute atomic E-state index is 0.210. The molecule has 0 radical (unpaired) electrons. The Hall–Kier alpha value is -2.44. The number of hydrogen-bond acceptors (Lipinski definition) is 5. The van der Waals surface area contributed by atoms with Crippen LogP contribution in [-0.4, -0.2) is 32.9 Å². The van der Waals surface area contributed by atoms with Crippen LogP contribution in [0.3, 0.4) is 0 Å². The molecule has 2 rings (SSSR count). The summed E-state index contributed by atoms with van der Waals surface area (Å²) in [6.45, 7) is 0.149. The second kappa shape index (κ2) is 9.89. The van der Waals surface area contributed by atoms with E-state index in [4.69, 9.17) is 37.5 Å². The van der Waals surface area contributed by atoms with E-state index >= 15 is 0 Å². The Morgan fingerprint density at radius 1 is 1.19 bits per heavy atom. The molecule has 1 N–H and O–H groups in total.